The lowest BCUT2D eigenvalue weighted by Gasteiger charge is -2.08. The smallest absolute Gasteiger partial charge is 0.416 e. The fourth-order valence-corrected chi connectivity index (χ4v) is 2.38. The molecule has 0 spiro atoms. The van der Waals surface area contributed by atoms with Crippen molar-refractivity contribution in [2.45, 2.75) is 6.18 Å². The van der Waals surface area contributed by atoms with Crippen LogP contribution in [0.25, 0.3) is 11.1 Å². The molecule has 0 aliphatic carbocycles. The van der Waals surface area contributed by atoms with Crippen LogP contribution in [0, 0.1) is 0 Å². The fraction of sp³-hybridized carbons (Fsp3) is 0.0833. The van der Waals surface area contributed by atoms with Crippen molar-refractivity contribution in [3.8, 4) is 11.1 Å². The van der Waals surface area contributed by atoms with E-state index in [1.807, 2.05) is 0 Å². The standard InChI is InChI=1S/C12H7F3O2S/c13-12(14,15)8-3-1-2-7(4-8)9-5-18-6-10(9)11(16)17/h1-6H,(H,16,17). The third kappa shape index (κ3) is 2.38. The monoisotopic (exact) mass is 272 g/mol. The molecule has 2 rings (SSSR count). The summed E-state index contributed by atoms with van der Waals surface area (Å²) in [5, 5.41) is 11.9. The van der Waals surface area contributed by atoms with Gasteiger partial charge in [0.1, 0.15) is 0 Å². The van der Waals surface area contributed by atoms with E-state index in [0.29, 0.717) is 5.56 Å². The Labute approximate surface area is 104 Å². The van der Waals surface area contributed by atoms with Crippen LogP contribution in [0.4, 0.5) is 13.2 Å². The molecule has 2 nitrogen and oxygen atoms in total. The van der Waals surface area contributed by atoms with Crippen LogP contribution in [0.15, 0.2) is 35.0 Å². The highest BCUT2D eigenvalue weighted by atomic mass is 32.1. The molecule has 0 saturated heterocycles. The highest BCUT2D eigenvalue weighted by molar-refractivity contribution is 7.08. The fourth-order valence-electron chi connectivity index (χ4n) is 1.55. The van der Waals surface area contributed by atoms with E-state index in [2.05, 4.69) is 0 Å². The summed E-state index contributed by atoms with van der Waals surface area (Å²) in [6.07, 6.45) is -4.44. The molecule has 0 atom stereocenters. The Balaban J connectivity index is 2.52. The summed E-state index contributed by atoms with van der Waals surface area (Å²) in [6.45, 7) is 0. The van der Waals surface area contributed by atoms with E-state index in [1.54, 1.807) is 0 Å². The number of carboxylic acids is 1. The van der Waals surface area contributed by atoms with Crippen LogP contribution in [0.3, 0.4) is 0 Å². The van der Waals surface area contributed by atoms with Crippen molar-refractivity contribution >= 4 is 17.3 Å². The van der Waals surface area contributed by atoms with Gasteiger partial charge in [-0.05, 0) is 23.1 Å². The number of hydrogen-bond acceptors (Lipinski definition) is 2. The second kappa shape index (κ2) is 4.45. The summed E-state index contributed by atoms with van der Waals surface area (Å²) in [6, 6.07) is 4.63. The summed E-state index contributed by atoms with van der Waals surface area (Å²) < 4.78 is 37.7. The second-order valence-electron chi connectivity index (χ2n) is 3.58. The molecular formula is C12H7F3O2S. The molecular weight excluding hydrogens is 265 g/mol. The van der Waals surface area contributed by atoms with E-state index in [0.717, 1.165) is 23.5 Å². The van der Waals surface area contributed by atoms with Gasteiger partial charge in [0.25, 0.3) is 0 Å². The molecule has 1 aromatic carbocycles. The Bertz CT molecular complexity index is 587. The van der Waals surface area contributed by atoms with Gasteiger partial charge in [0, 0.05) is 10.9 Å². The first kappa shape index (κ1) is 12.6. The van der Waals surface area contributed by atoms with Crippen LogP contribution >= 0.6 is 11.3 Å². The Morgan fingerprint density at radius 3 is 2.56 bits per heavy atom. The molecule has 0 unspecified atom stereocenters. The largest absolute Gasteiger partial charge is 0.478 e. The number of carbonyl (C=O) groups is 1. The topological polar surface area (TPSA) is 37.3 Å². The minimum absolute atomic E-state index is 0.0133. The summed E-state index contributed by atoms with van der Waals surface area (Å²) in [5.41, 5.74) is -0.219. The van der Waals surface area contributed by atoms with Crippen LogP contribution in [0.5, 0.6) is 0 Å². The van der Waals surface area contributed by atoms with E-state index < -0.39 is 17.7 Å². The molecule has 0 amide bonds. The van der Waals surface area contributed by atoms with Gasteiger partial charge in [-0.25, -0.2) is 4.79 Å². The van der Waals surface area contributed by atoms with Crippen LogP contribution in [0.1, 0.15) is 15.9 Å². The maximum absolute atomic E-state index is 12.6. The Hall–Kier alpha value is -1.82. The highest BCUT2D eigenvalue weighted by Gasteiger charge is 2.30. The number of hydrogen-bond donors (Lipinski definition) is 1. The maximum Gasteiger partial charge on any atom is 0.416 e. The summed E-state index contributed by atoms with van der Waals surface area (Å²) >= 11 is 1.14. The molecule has 0 bridgehead atoms. The van der Waals surface area contributed by atoms with Crippen molar-refractivity contribution in [3.63, 3.8) is 0 Å². The zero-order valence-electron chi connectivity index (χ0n) is 8.86. The van der Waals surface area contributed by atoms with Crippen molar-refractivity contribution < 1.29 is 23.1 Å². The molecule has 0 fully saturated rings. The SMILES string of the molecule is O=C(O)c1cscc1-c1cccc(C(F)(F)F)c1. The number of alkyl halides is 3. The lowest BCUT2D eigenvalue weighted by atomic mass is 10.0. The quantitative estimate of drug-likeness (QED) is 0.892. The van der Waals surface area contributed by atoms with Gasteiger partial charge in [0.15, 0.2) is 0 Å². The predicted molar refractivity (Wildman–Crippen MR) is 61.7 cm³/mol. The van der Waals surface area contributed by atoms with E-state index >= 15 is 0 Å². The van der Waals surface area contributed by atoms with Crippen molar-refractivity contribution in [2.24, 2.45) is 0 Å². The lowest BCUT2D eigenvalue weighted by molar-refractivity contribution is -0.137. The third-order valence-corrected chi connectivity index (χ3v) is 3.14. The first-order valence-electron chi connectivity index (χ1n) is 4.86. The number of rotatable bonds is 2. The first-order chi connectivity index (χ1) is 8.39. The number of aromatic carboxylic acids is 1. The normalized spacial score (nSPS) is 11.5. The molecule has 0 aliphatic heterocycles. The van der Waals surface area contributed by atoms with Crippen molar-refractivity contribution in [1.29, 1.82) is 0 Å². The van der Waals surface area contributed by atoms with Gasteiger partial charge >= 0.3 is 12.1 Å². The van der Waals surface area contributed by atoms with Gasteiger partial charge in [0.2, 0.25) is 0 Å². The molecule has 94 valence electrons. The number of thiophene rings is 1. The van der Waals surface area contributed by atoms with Crippen LogP contribution in [0.2, 0.25) is 0 Å². The van der Waals surface area contributed by atoms with Crippen molar-refractivity contribution in [1.82, 2.24) is 0 Å². The summed E-state index contributed by atoms with van der Waals surface area (Å²) in [5.74, 6) is -1.15. The minimum Gasteiger partial charge on any atom is -0.478 e. The van der Waals surface area contributed by atoms with Crippen molar-refractivity contribution in [3.05, 3.63) is 46.2 Å². The van der Waals surface area contributed by atoms with Crippen molar-refractivity contribution in [2.75, 3.05) is 0 Å². The minimum atomic E-state index is -4.44. The molecule has 1 aromatic heterocycles. The maximum atomic E-state index is 12.6. The average molecular weight is 272 g/mol. The molecule has 2 aromatic rings. The number of carboxylic acid groups (broad SMARTS) is 1. The summed E-state index contributed by atoms with van der Waals surface area (Å²) in [4.78, 5) is 10.9. The van der Waals surface area contributed by atoms with E-state index in [-0.39, 0.29) is 11.1 Å². The Morgan fingerprint density at radius 2 is 1.94 bits per heavy atom. The Morgan fingerprint density at radius 1 is 1.22 bits per heavy atom. The van der Waals surface area contributed by atoms with Gasteiger partial charge in [-0.3, -0.25) is 0 Å². The van der Waals surface area contributed by atoms with E-state index in [9.17, 15) is 18.0 Å². The van der Waals surface area contributed by atoms with Gasteiger partial charge in [-0.15, -0.1) is 0 Å². The molecule has 1 N–H and O–H groups in total. The summed E-state index contributed by atoms with van der Waals surface area (Å²) in [7, 11) is 0. The molecule has 0 aliphatic rings. The van der Waals surface area contributed by atoms with Gasteiger partial charge in [0.05, 0.1) is 11.1 Å². The third-order valence-electron chi connectivity index (χ3n) is 2.39. The van der Waals surface area contributed by atoms with Crippen LogP contribution in [-0.4, -0.2) is 11.1 Å². The van der Waals surface area contributed by atoms with E-state index in [1.165, 1.54) is 22.9 Å². The van der Waals surface area contributed by atoms with Gasteiger partial charge < -0.3 is 5.11 Å². The van der Waals surface area contributed by atoms with Crippen LogP contribution < -0.4 is 0 Å². The number of halogens is 3. The molecule has 6 heteroatoms. The lowest BCUT2D eigenvalue weighted by Crippen LogP contribution is -2.04. The number of benzene rings is 1. The van der Waals surface area contributed by atoms with Gasteiger partial charge in [-0.1, -0.05) is 12.1 Å². The molecule has 18 heavy (non-hydrogen) atoms. The highest BCUT2D eigenvalue weighted by Crippen LogP contribution is 2.34. The Kier molecular flexibility index (Phi) is 3.13. The zero-order chi connectivity index (χ0) is 13.3. The van der Waals surface area contributed by atoms with Gasteiger partial charge in [-0.2, -0.15) is 24.5 Å². The predicted octanol–water partition coefficient (Wildman–Crippen LogP) is 4.13. The average Bonchev–Trinajstić information content (AvgIpc) is 2.77. The first-order valence-corrected chi connectivity index (χ1v) is 5.81. The molecule has 0 radical (unpaired) electrons. The molecule has 0 saturated carbocycles. The molecule has 1 heterocycles. The zero-order valence-corrected chi connectivity index (χ0v) is 9.68. The van der Waals surface area contributed by atoms with Crippen LogP contribution in [-0.2, 0) is 6.18 Å². The van der Waals surface area contributed by atoms with E-state index in [4.69, 9.17) is 5.11 Å². The second-order valence-corrected chi connectivity index (χ2v) is 4.33.